The molecule has 3 nitrogen and oxygen atoms in total. The molecule has 1 saturated heterocycles. The Bertz CT molecular complexity index is 384. The average molecular weight is 300 g/mol. The van der Waals surface area contributed by atoms with Crippen LogP contribution in [0.2, 0.25) is 0 Å². The fraction of sp³-hybridized carbons (Fsp3) is 0.538. The second kappa shape index (κ2) is 5.85. The van der Waals surface area contributed by atoms with Crippen molar-refractivity contribution < 1.29 is 10.2 Å². The smallest absolute Gasteiger partial charge is 0.0682 e. The molecule has 0 saturated carbocycles. The number of piperidine rings is 1. The van der Waals surface area contributed by atoms with Crippen LogP contribution < -0.4 is 4.90 Å². The molecule has 1 atom stereocenters. The predicted molar refractivity (Wildman–Crippen MR) is 72.1 cm³/mol. The Labute approximate surface area is 110 Å². The maximum absolute atomic E-state index is 9.42. The number of nitrogens with zero attached hydrogens (tertiary/aromatic N) is 1. The highest BCUT2D eigenvalue weighted by Crippen LogP contribution is 2.32. The van der Waals surface area contributed by atoms with Gasteiger partial charge in [0.1, 0.15) is 0 Å². The normalized spacial score (nSPS) is 20.6. The number of benzene rings is 1. The zero-order valence-corrected chi connectivity index (χ0v) is 11.4. The molecular formula is C13H18BrNO2. The van der Waals surface area contributed by atoms with Gasteiger partial charge < -0.3 is 15.1 Å². The van der Waals surface area contributed by atoms with E-state index in [1.54, 1.807) is 0 Å². The van der Waals surface area contributed by atoms with Crippen LogP contribution in [0.5, 0.6) is 0 Å². The van der Waals surface area contributed by atoms with Crippen LogP contribution in [0.25, 0.3) is 0 Å². The minimum Gasteiger partial charge on any atom is -0.394 e. The van der Waals surface area contributed by atoms with Crippen molar-refractivity contribution in [1.29, 1.82) is 0 Å². The number of halogens is 1. The molecule has 0 aromatic heterocycles. The molecule has 17 heavy (non-hydrogen) atoms. The second-order valence-corrected chi connectivity index (χ2v) is 5.32. The molecule has 4 heteroatoms. The lowest BCUT2D eigenvalue weighted by Gasteiger charge is -2.37. The SMILES string of the molecule is OCc1ccc(N2CCCCC2CO)c(Br)c1. The minimum absolute atomic E-state index is 0.0578. The molecule has 0 radical (unpaired) electrons. The topological polar surface area (TPSA) is 43.7 Å². The number of rotatable bonds is 3. The van der Waals surface area contributed by atoms with E-state index in [0.29, 0.717) is 0 Å². The number of anilines is 1. The van der Waals surface area contributed by atoms with Gasteiger partial charge in [0.15, 0.2) is 0 Å². The highest BCUT2D eigenvalue weighted by atomic mass is 79.9. The number of aliphatic hydroxyl groups is 2. The van der Waals surface area contributed by atoms with Gasteiger partial charge in [0.05, 0.1) is 24.9 Å². The van der Waals surface area contributed by atoms with E-state index < -0.39 is 0 Å². The van der Waals surface area contributed by atoms with Gasteiger partial charge in [-0.2, -0.15) is 0 Å². The third-order valence-electron chi connectivity index (χ3n) is 3.34. The van der Waals surface area contributed by atoms with Crippen LogP contribution >= 0.6 is 15.9 Å². The number of hydrogen-bond donors (Lipinski definition) is 2. The molecule has 0 spiro atoms. The van der Waals surface area contributed by atoms with E-state index in [-0.39, 0.29) is 19.3 Å². The van der Waals surface area contributed by atoms with Crippen LogP contribution in [0.3, 0.4) is 0 Å². The molecule has 0 amide bonds. The first-order valence-corrected chi connectivity index (χ1v) is 6.82. The van der Waals surface area contributed by atoms with Gasteiger partial charge in [0.25, 0.3) is 0 Å². The Morgan fingerprint density at radius 1 is 1.29 bits per heavy atom. The largest absolute Gasteiger partial charge is 0.394 e. The van der Waals surface area contributed by atoms with Gasteiger partial charge in [-0.05, 0) is 52.9 Å². The lowest BCUT2D eigenvalue weighted by molar-refractivity contribution is 0.240. The van der Waals surface area contributed by atoms with Crippen molar-refractivity contribution in [2.45, 2.75) is 31.9 Å². The first-order valence-electron chi connectivity index (χ1n) is 6.03. The quantitative estimate of drug-likeness (QED) is 0.900. The summed E-state index contributed by atoms with van der Waals surface area (Å²) in [6.07, 6.45) is 3.41. The van der Waals surface area contributed by atoms with Crippen molar-refractivity contribution >= 4 is 21.6 Å². The summed E-state index contributed by atoms with van der Waals surface area (Å²) < 4.78 is 0.990. The van der Waals surface area contributed by atoms with Crippen LogP contribution in [-0.4, -0.2) is 29.4 Å². The molecule has 1 aliphatic heterocycles. The Balaban J connectivity index is 2.25. The zero-order valence-electron chi connectivity index (χ0n) is 9.77. The molecule has 1 fully saturated rings. The van der Waals surface area contributed by atoms with E-state index in [2.05, 4.69) is 20.8 Å². The summed E-state index contributed by atoms with van der Waals surface area (Å²) in [5.74, 6) is 0. The van der Waals surface area contributed by atoms with E-state index in [1.807, 2.05) is 18.2 Å². The number of hydrogen-bond acceptors (Lipinski definition) is 3. The van der Waals surface area contributed by atoms with E-state index in [1.165, 1.54) is 12.8 Å². The van der Waals surface area contributed by atoms with Crippen molar-refractivity contribution in [2.24, 2.45) is 0 Å². The molecular weight excluding hydrogens is 282 g/mol. The van der Waals surface area contributed by atoms with Crippen LogP contribution in [0, 0.1) is 0 Å². The molecule has 1 aromatic rings. The Kier molecular flexibility index (Phi) is 4.42. The van der Waals surface area contributed by atoms with Crippen molar-refractivity contribution in [1.82, 2.24) is 0 Å². The molecule has 1 aromatic carbocycles. The molecule has 0 bridgehead atoms. The molecule has 1 aliphatic rings. The van der Waals surface area contributed by atoms with Gasteiger partial charge in [0, 0.05) is 11.0 Å². The lowest BCUT2D eigenvalue weighted by atomic mass is 10.0. The van der Waals surface area contributed by atoms with Crippen molar-refractivity contribution in [3.05, 3.63) is 28.2 Å². The lowest BCUT2D eigenvalue weighted by Crippen LogP contribution is -2.42. The van der Waals surface area contributed by atoms with Gasteiger partial charge in [-0.3, -0.25) is 0 Å². The van der Waals surface area contributed by atoms with Crippen LogP contribution in [0.15, 0.2) is 22.7 Å². The van der Waals surface area contributed by atoms with Crippen molar-refractivity contribution in [3.8, 4) is 0 Å². The van der Waals surface area contributed by atoms with Crippen LogP contribution in [0.1, 0.15) is 24.8 Å². The first kappa shape index (κ1) is 12.9. The summed E-state index contributed by atoms with van der Waals surface area (Å²) in [5.41, 5.74) is 2.01. The summed E-state index contributed by atoms with van der Waals surface area (Å²) in [4.78, 5) is 2.26. The highest BCUT2D eigenvalue weighted by molar-refractivity contribution is 9.10. The van der Waals surface area contributed by atoms with Crippen molar-refractivity contribution in [2.75, 3.05) is 18.1 Å². The summed E-state index contributed by atoms with van der Waals surface area (Å²) in [6, 6.07) is 6.12. The van der Waals surface area contributed by atoms with Gasteiger partial charge >= 0.3 is 0 Å². The summed E-state index contributed by atoms with van der Waals surface area (Å²) in [6.45, 7) is 1.25. The van der Waals surface area contributed by atoms with Gasteiger partial charge in [-0.1, -0.05) is 6.07 Å². The summed E-state index contributed by atoms with van der Waals surface area (Å²) in [5, 5.41) is 18.5. The van der Waals surface area contributed by atoms with E-state index in [0.717, 1.165) is 28.7 Å². The Morgan fingerprint density at radius 2 is 2.12 bits per heavy atom. The molecule has 2 rings (SSSR count). The molecule has 1 unspecified atom stereocenters. The minimum atomic E-state index is 0.0578. The van der Waals surface area contributed by atoms with Gasteiger partial charge in [0.2, 0.25) is 0 Å². The third kappa shape index (κ3) is 2.81. The maximum atomic E-state index is 9.42. The maximum Gasteiger partial charge on any atom is 0.0682 e. The average Bonchev–Trinajstić information content (AvgIpc) is 2.38. The third-order valence-corrected chi connectivity index (χ3v) is 3.98. The molecule has 94 valence electrons. The second-order valence-electron chi connectivity index (χ2n) is 4.47. The molecule has 0 aliphatic carbocycles. The van der Waals surface area contributed by atoms with Crippen LogP contribution in [-0.2, 0) is 6.61 Å². The van der Waals surface area contributed by atoms with E-state index in [9.17, 15) is 5.11 Å². The molecule has 2 N–H and O–H groups in total. The Hall–Kier alpha value is -0.580. The Morgan fingerprint density at radius 3 is 2.76 bits per heavy atom. The summed E-state index contributed by atoms with van der Waals surface area (Å²) >= 11 is 3.55. The standard InChI is InChI=1S/C13H18BrNO2/c14-12-7-10(8-16)4-5-13(12)15-6-2-1-3-11(15)9-17/h4-5,7,11,16-17H,1-3,6,8-9H2. The van der Waals surface area contributed by atoms with E-state index in [4.69, 9.17) is 5.11 Å². The monoisotopic (exact) mass is 299 g/mol. The fourth-order valence-electron chi connectivity index (χ4n) is 2.39. The van der Waals surface area contributed by atoms with Gasteiger partial charge in [-0.15, -0.1) is 0 Å². The fourth-order valence-corrected chi connectivity index (χ4v) is 3.04. The summed E-state index contributed by atoms with van der Waals surface area (Å²) in [7, 11) is 0. The van der Waals surface area contributed by atoms with Crippen molar-refractivity contribution in [3.63, 3.8) is 0 Å². The predicted octanol–water partition coefficient (Wildman–Crippen LogP) is 2.29. The van der Waals surface area contributed by atoms with Gasteiger partial charge in [-0.25, -0.2) is 0 Å². The molecule has 1 heterocycles. The highest BCUT2D eigenvalue weighted by Gasteiger charge is 2.23. The van der Waals surface area contributed by atoms with Crippen LogP contribution in [0.4, 0.5) is 5.69 Å². The first-order chi connectivity index (χ1) is 8.26. The zero-order chi connectivity index (χ0) is 12.3. The van der Waals surface area contributed by atoms with E-state index >= 15 is 0 Å². The number of aliphatic hydroxyl groups excluding tert-OH is 2.